The Bertz CT molecular complexity index is 3080. The predicted octanol–water partition coefficient (Wildman–Crippen LogP) is 2.75. The van der Waals surface area contributed by atoms with E-state index in [-0.39, 0.29) is 50.0 Å². The number of aliphatic hydroxyl groups is 3. The fourth-order valence-electron chi connectivity index (χ4n) is 13.1. The molecule has 2 aromatic rings. The van der Waals surface area contributed by atoms with E-state index in [1.165, 1.54) is 63.8 Å². The summed E-state index contributed by atoms with van der Waals surface area (Å²) in [5.74, 6) is -11.1. The largest absolute Gasteiger partial charge is 0.391 e. The van der Waals surface area contributed by atoms with Gasteiger partial charge in [-0.2, -0.15) is 0 Å². The highest BCUT2D eigenvalue weighted by Crippen LogP contribution is 2.28. The second-order valence-corrected chi connectivity index (χ2v) is 28.3. The Balaban J connectivity index is 1.60. The van der Waals surface area contributed by atoms with Gasteiger partial charge in [0.05, 0.1) is 31.3 Å². The van der Waals surface area contributed by atoms with Crippen molar-refractivity contribution in [2.45, 2.75) is 200 Å². The number of β-amino-alcohol motifs (C(OH)–C–C–N with tert-alkyl or cyclic N) is 1. The molecular formula is C73H111N11O14. The predicted molar refractivity (Wildman–Crippen MR) is 371 cm³/mol. The van der Waals surface area contributed by atoms with Gasteiger partial charge in [0, 0.05) is 85.2 Å². The van der Waals surface area contributed by atoms with Crippen molar-refractivity contribution in [2.75, 3.05) is 61.4 Å². The number of likely N-dealkylation sites (tertiary alicyclic amines) is 1. The molecule has 2 aliphatic heterocycles. The molecule has 0 spiro atoms. The SMILES string of the molecule is CC(C)C[C@H]1C(O)N[C@@H]([C@@H](C)O)C(=O)N(C)[C@@H](Cc2ccccc2)C(=O)NCC(=O)N(C)CC(O)N(C)[C@@H](C(C)C)C(=O)C[C@@H](CC2C=CC=CC2)C(=O)N[C@H](C(=O)N(C)[C@@H](Cc2ccccc2)C(=O)N[C@@H](C)C(=O)N2CCCCC2)CC(=O)C[C@H](C)C(=O)N[C@@H](C(C)C)C(=O)N1C. The fourth-order valence-corrected chi connectivity index (χ4v) is 13.1. The first-order valence-electron chi connectivity index (χ1n) is 34.7. The lowest BCUT2D eigenvalue weighted by molar-refractivity contribution is -0.146. The number of allylic oxidation sites excluding steroid dienone is 4. The Morgan fingerprint density at radius 1 is 0.714 bits per heavy atom. The Hall–Kier alpha value is -7.71. The number of Topliss-reactive ketones (excluding diaryl/α,β-unsaturated/α-hetero) is 2. The second kappa shape index (κ2) is 38.6. The van der Waals surface area contributed by atoms with Gasteiger partial charge in [-0.05, 0) is 94.2 Å². The summed E-state index contributed by atoms with van der Waals surface area (Å²) in [6.07, 6.45) is 4.47. The van der Waals surface area contributed by atoms with Crippen LogP contribution in [0.5, 0.6) is 0 Å². The minimum absolute atomic E-state index is 0.0450. The van der Waals surface area contributed by atoms with E-state index in [2.05, 4.69) is 26.6 Å². The Morgan fingerprint density at radius 3 is 1.90 bits per heavy atom. The van der Waals surface area contributed by atoms with Gasteiger partial charge in [0.25, 0.3) is 0 Å². The van der Waals surface area contributed by atoms with Crippen LogP contribution in [-0.2, 0) is 65.6 Å². The lowest BCUT2D eigenvalue weighted by atomic mass is 9.83. The van der Waals surface area contributed by atoms with E-state index in [0.717, 1.165) is 29.1 Å². The minimum Gasteiger partial charge on any atom is -0.391 e. The summed E-state index contributed by atoms with van der Waals surface area (Å²) in [7, 11) is 7.06. The number of benzene rings is 2. The summed E-state index contributed by atoms with van der Waals surface area (Å²) in [4.78, 5) is 169. The number of hydrogen-bond donors (Lipinski definition) is 8. The van der Waals surface area contributed by atoms with Crippen molar-refractivity contribution in [1.82, 2.24) is 56.0 Å². The van der Waals surface area contributed by atoms with Crippen LogP contribution in [0.2, 0.25) is 0 Å². The van der Waals surface area contributed by atoms with Gasteiger partial charge in [0.1, 0.15) is 54.5 Å². The average Bonchev–Trinajstić information content (AvgIpc) is 0.837. The molecule has 1 aliphatic carbocycles. The first-order chi connectivity index (χ1) is 46.2. The second-order valence-electron chi connectivity index (χ2n) is 28.3. The summed E-state index contributed by atoms with van der Waals surface area (Å²) in [6, 6.07) is 7.41. The molecule has 25 heteroatoms. The molecule has 2 aromatic carbocycles. The van der Waals surface area contributed by atoms with E-state index < -0.39 is 175 Å². The minimum atomic E-state index is -1.70. The molecule has 3 unspecified atom stereocenters. The number of piperidine rings is 1. The molecule has 14 atom stereocenters. The first-order valence-corrected chi connectivity index (χ1v) is 34.7. The summed E-state index contributed by atoms with van der Waals surface area (Å²) < 4.78 is 0. The van der Waals surface area contributed by atoms with Crippen LogP contribution >= 0.6 is 0 Å². The van der Waals surface area contributed by atoms with Crippen LogP contribution in [0.4, 0.5) is 0 Å². The fraction of sp³-hybridized carbons (Fsp3) is 0.630. The molecule has 542 valence electrons. The molecule has 9 amide bonds. The third-order valence-electron chi connectivity index (χ3n) is 19.1. The zero-order chi connectivity index (χ0) is 72.8. The van der Waals surface area contributed by atoms with Crippen molar-refractivity contribution in [2.24, 2.45) is 35.5 Å². The van der Waals surface area contributed by atoms with Crippen molar-refractivity contribution >= 4 is 64.7 Å². The van der Waals surface area contributed by atoms with Gasteiger partial charge in [0.2, 0.25) is 53.2 Å². The molecule has 0 saturated carbocycles. The molecule has 2 saturated heterocycles. The normalized spacial score (nSPS) is 26.9. The number of likely N-dealkylation sites (N-methyl/N-ethyl adjacent to an activating group) is 5. The van der Waals surface area contributed by atoms with E-state index in [9.17, 15) is 53.7 Å². The number of nitrogens with one attached hydrogen (secondary N) is 5. The molecule has 0 radical (unpaired) electrons. The van der Waals surface area contributed by atoms with E-state index in [0.29, 0.717) is 30.6 Å². The van der Waals surface area contributed by atoms with Gasteiger partial charge in [0.15, 0.2) is 5.78 Å². The lowest BCUT2D eigenvalue weighted by Crippen LogP contribution is -2.63. The maximum atomic E-state index is 15.5. The number of nitrogens with zero attached hydrogens (tertiary/aromatic N) is 6. The number of carbonyl (C=O) groups excluding carboxylic acids is 11. The van der Waals surface area contributed by atoms with Crippen LogP contribution in [-0.4, -0.2) is 238 Å². The standard InChI is InChI=1S/C73H111N11O14/c1-44(2)35-56-69(94)78-63(49(9)85)73(98)82(13)57(38-51-29-21-16-22-30-51)67(92)74-42-60(88)79(10)43-61(89)83(14)64(46(5)6)59(87)40-53(37-50-27-19-15-20-28-50)66(91)76-55(41-54(86)36-47(7)65(90)77-62(45(3)4)72(97)81(56)12)71(96)80(11)58(39-52-31-23-17-24-32-52)68(93)75-48(8)70(95)84-33-25-18-26-34-84/h15-17,19-24,27,29-32,44-50,53,55-58,61-64,69,78,85,89,94H,18,25-26,28,33-43H2,1-14H3,(H,74,92)(H,75,93)(H,76,91)(H,77,90)/t47-,48-,49+,50?,53+,55-,56-,57-,58-,61?,62-,63-,64-,69?/m0/s1. The number of ketones is 2. The van der Waals surface area contributed by atoms with Gasteiger partial charge in [-0.3, -0.25) is 63.0 Å². The smallest absolute Gasteiger partial charge is 0.246 e. The van der Waals surface area contributed by atoms with Crippen molar-refractivity contribution < 1.29 is 68.1 Å². The van der Waals surface area contributed by atoms with Crippen LogP contribution < -0.4 is 26.6 Å². The quantitative estimate of drug-likeness (QED) is 0.120. The van der Waals surface area contributed by atoms with Crippen molar-refractivity contribution in [3.8, 4) is 0 Å². The van der Waals surface area contributed by atoms with Crippen LogP contribution in [0, 0.1) is 35.5 Å². The molecule has 25 nitrogen and oxygen atoms in total. The number of carbonyl (C=O) groups is 11. The molecule has 2 heterocycles. The Labute approximate surface area is 579 Å². The highest BCUT2D eigenvalue weighted by atomic mass is 16.3. The zero-order valence-corrected chi connectivity index (χ0v) is 60.0. The molecule has 2 fully saturated rings. The Kier molecular flexibility index (Phi) is 31.9. The monoisotopic (exact) mass is 1370 g/mol. The highest BCUT2D eigenvalue weighted by Gasteiger charge is 2.43. The maximum absolute atomic E-state index is 15.5. The summed E-state index contributed by atoms with van der Waals surface area (Å²) in [5, 5.41) is 49.2. The van der Waals surface area contributed by atoms with Crippen LogP contribution in [0.25, 0.3) is 0 Å². The number of amides is 9. The summed E-state index contributed by atoms with van der Waals surface area (Å²) >= 11 is 0. The molecule has 0 bridgehead atoms. The number of hydrogen-bond acceptors (Lipinski definition) is 16. The average molecular weight is 1370 g/mol. The molecule has 3 aliphatic rings. The van der Waals surface area contributed by atoms with Crippen LogP contribution in [0.15, 0.2) is 85.0 Å². The number of rotatable bonds is 16. The van der Waals surface area contributed by atoms with Crippen molar-refractivity contribution in [3.05, 3.63) is 96.1 Å². The zero-order valence-electron chi connectivity index (χ0n) is 60.0. The molecule has 8 N–H and O–H groups in total. The van der Waals surface area contributed by atoms with E-state index >= 15 is 14.4 Å². The molecular weight excluding hydrogens is 1250 g/mol. The first kappa shape index (κ1) is 81.0. The van der Waals surface area contributed by atoms with E-state index in [4.69, 9.17) is 0 Å². The van der Waals surface area contributed by atoms with Gasteiger partial charge in [-0.1, -0.05) is 133 Å². The van der Waals surface area contributed by atoms with Gasteiger partial charge in [-0.15, -0.1) is 0 Å². The molecule has 5 rings (SSSR count). The van der Waals surface area contributed by atoms with Crippen molar-refractivity contribution in [3.63, 3.8) is 0 Å². The maximum Gasteiger partial charge on any atom is 0.246 e. The third-order valence-corrected chi connectivity index (χ3v) is 19.1. The Morgan fingerprint density at radius 2 is 1.33 bits per heavy atom. The topological polar surface area (TPSA) is 328 Å². The molecule has 0 aromatic heterocycles. The lowest BCUT2D eigenvalue weighted by Gasteiger charge is -2.39. The van der Waals surface area contributed by atoms with Gasteiger partial charge < -0.3 is 61.1 Å². The van der Waals surface area contributed by atoms with E-state index in [1.807, 2.05) is 38.2 Å². The number of aliphatic hydroxyl groups excluding tert-OH is 3. The van der Waals surface area contributed by atoms with E-state index in [1.54, 1.807) is 100 Å². The highest BCUT2D eigenvalue weighted by molar-refractivity contribution is 5.99. The van der Waals surface area contributed by atoms with Crippen molar-refractivity contribution in [1.29, 1.82) is 0 Å². The third kappa shape index (κ3) is 23.5. The van der Waals surface area contributed by atoms with Gasteiger partial charge in [-0.25, -0.2) is 0 Å². The summed E-state index contributed by atoms with van der Waals surface area (Å²) in [5.41, 5.74) is 1.30. The van der Waals surface area contributed by atoms with Crippen LogP contribution in [0.1, 0.15) is 131 Å². The van der Waals surface area contributed by atoms with Crippen LogP contribution in [0.3, 0.4) is 0 Å². The summed E-state index contributed by atoms with van der Waals surface area (Å²) in [6.45, 7) is 15.1. The van der Waals surface area contributed by atoms with Gasteiger partial charge >= 0.3 is 0 Å². The molecule has 98 heavy (non-hydrogen) atoms.